The maximum absolute atomic E-state index is 5.48. The molecule has 0 aliphatic heterocycles. The van der Waals surface area contributed by atoms with Crippen LogP contribution in [0.3, 0.4) is 0 Å². The van der Waals surface area contributed by atoms with Gasteiger partial charge in [-0.2, -0.15) is 0 Å². The van der Waals surface area contributed by atoms with Crippen molar-refractivity contribution < 1.29 is 4.42 Å². The Kier molecular flexibility index (Phi) is 1.84. The van der Waals surface area contributed by atoms with E-state index in [-0.39, 0.29) is 0 Å². The second-order valence-corrected chi connectivity index (χ2v) is 4.03. The molecule has 0 saturated heterocycles. The number of hydrogen-bond acceptors (Lipinski definition) is 3. The molecule has 2 aromatic rings. The minimum Gasteiger partial charge on any atom is -0.425 e. The minimum absolute atomic E-state index is 0.378. The van der Waals surface area contributed by atoms with Gasteiger partial charge in [0.15, 0.2) is 0 Å². The molecule has 1 heterocycles. The smallest absolute Gasteiger partial charge is 0.220 e. The quantitative estimate of drug-likeness (QED) is 0.708. The summed E-state index contributed by atoms with van der Waals surface area (Å²) in [6.07, 6.45) is 2.05. The van der Waals surface area contributed by atoms with Crippen molar-refractivity contribution in [3.05, 3.63) is 47.2 Å². The van der Waals surface area contributed by atoms with Crippen molar-refractivity contribution in [2.24, 2.45) is 0 Å². The number of nitrogens with zero attached hydrogens (tertiary/aromatic N) is 2. The average molecular weight is 200 g/mol. The van der Waals surface area contributed by atoms with E-state index in [1.807, 2.05) is 6.92 Å². The first-order valence-corrected chi connectivity index (χ1v) is 5.20. The van der Waals surface area contributed by atoms with Crippen LogP contribution in [-0.4, -0.2) is 10.2 Å². The van der Waals surface area contributed by atoms with Crippen molar-refractivity contribution in [2.75, 3.05) is 0 Å². The Morgan fingerprint density at radius 1 is 1.13 bits per heavy atom. The molecule has 3 nitrogen and oxygen atoms in total. The van der Waals surface area contributed by atoms with Crippen molar-refractivity contribution in [1.82, 2.24) is 10.2 Å². The van der Waals surface area contributed by atoms with Gasteiger partial charge in [-0.05, 0) is 24.0 Å². The highest BCUT2D eigenvalue weighted by molar-refractivity contribution is 5.34. The Morgan fingerprint density at radius 3 is 2.33 bits per heavy atom. The lowest BCUT2D eigenvalue weighted by atomic mass is 10.1. The summed E-state index contributed by atoms with van der Waals surface area (Å²) in [5.41, 5.74) is 2.83. The average Bonchev–Trinajstić information content (AvgIpc) is 2.82. The first kappa shape index (κ1) is 8.65. The van der Waals surface area contributed by atoms with E-state index in [0.29, 0.717) is 11.8 Å². The SMILES string of the molecule is Cc1nnc(C2Cc3ccccc3C2)o1. The van der Waals surface area contributed by atoms with Crippen LogP contribution in [0.5, 0.6) is 0 Å². The lowest BCUT2D eigenvalue weighted by molar-refractivity contribution is 0.432. The van der Waals surface area contributed by atoms with E-state index in [1.54, 1.807) is 0 Å². The Balaban J connectivity index is 1.90. The van der Waals surface area contributed by atoms with Gasteiger partial charge in [0.25, 0.3) is 0 Å². The van der Waals surface area contributed by atoms with Crippen LogP contribution in [0.4, 0.5) is 0 Å². The number of benzene rings is 1. The minimum atomic E-state index is 0.378. The maximum atomic E-state index is 5.48. The molecule has 15 heavy (non-hydrogen) atoms. The normalized spacial score (nSPS) is 15.5. The highest BCUT2D eigenvalue weighted by Crippen LogP contribution is 2.32. The summed E-state index contributed by atoms with van der Waals surface area (Å²) in [7, 11) is 0. The molecule has 0 bridgehead atoms. The fraction of sp³-hybridized carbons (Fsp3) is 0.333. The van der Waals surface area contributed by atoms with Crippen molar-refractivity contribution in [1.29, 1.82) is 0 Å². The van der Waals surface area contributed by atoms with Crippen LogP contribution in [0.25, 0.3) is 0 Å². The lowest BCUT2D eigenvalue weighted by Gasteiger charge is -2.00. The first-order valence-electron chi connectivity index (χ1n) is 5.20. The Hall–Kier alpha value is -1.64. The third-order valence-electron chi connectivity index (χ3n) is 2.94. The van der Waals surface area contributed by atoms with Crippen LogP contribution < -0.4 is 0 Å². The summed E-state index contributed by atoms with van der Waals surface area (Å²) >= 11 is 0. The Bertz CT molecular complexity index is 465. The summed E-state index contributed by atoms with van der Waals surface area (Å²) in [5, 5.41) is 7.97. The summed E-state index contributed by atoms with van der Waals surface area (Å²) in [6, 6.07) is 8.53. The molecule has 1 aliphatic carbocycles. The lowest BCUT2D eigenvalue weighted by Crippen LogP contribution is -1.97. The fourth-order valence-electron chi connectivity index (χ4n) is 2.21. The van der Waals surface area contributed by atoms with Crippen molar-refractivity contribution in [3.8, 4) is 0 Å². The van der Waals surface area contributed by atoms with Crippen LogP contribution in [0.1, 0.15) is 28.8 Å². The van der Waals surface area contributed by atoms with Gasteiger partial charge in [-0.15, -0.1) is 10.2 Å². The molecule has 0 saturated carbocycles. The molecule has 3 rings (SSSR count). The number of aryl methyl sites for hydroxylation is 1. The zero-order valence-electron chi connectivity index (χ0n) is 8.60. The molecule has 3 heteroatoms. The molecular formula is C12H12N2O. The second kappa shape index (κ2) is 3.19. The van der Waals surface area contributed by atoms with Gasteiger partial charge in [-0.25, -0.2) is 0 Å². The van der Waals surface area contributed by atoms with E-state index in [0.717, 1.165) is 18.7 Å². The summed E-state index contributed by atoms with van der Waals surface area (Å²) in [5.74, 6) is 1.81. The molecule has 1 aromatic heterocycles. The van der Waals surface area contributed by atoms with Gasteiger partial charge in [0, 0.05) is 12.8 Å². The molecule has 0 fully saturated rings. The van der Waals surface area contributed by atoms with Gasteiger partial charge in [0.05, 0.1) is 0 Å². The van der Waals surface area contributed by atoms with Crippen molar-refractivity contribution >= 4 is 0 Å². The van der Waals surface area contributed by atoms with E-state index < -0.39 is 0 Å². The fourth-order valence-corrected chi connectivity index (χ4v) is 2.21. The van der Waals surface area contributed by atoms with Crippen molar-refractivity contribution in [3.63, 3.8) is 0 Å². The van der Waals surface area contributed by atoms with E-state index >= 15 is 0 Å². The van der Waals surface area contributed by atoms with Gasteiger partial charge >= 0.3 is 0 Å². The maximum Gasteiger partial charge on any atom is 0.220 e. The van der Waals surface area contributed by atoms with E-state index in [4.69, 9.17) is 4.42 Å². The van der Waals surface area contributed by atoms with Crippen LogP contribution in [0, 0.1) is 6.92 Å². The Labute approximate surface area is 88.1 Å². The molecule has 76 valence electrons. The molecular weight excluding hydrogens is 188 g/mol. The summed E-state index contributed by atoms with van der Waals surface area (Å²) in [4.78, 5) is 0. The molecule has 0 spiro atoms. The largest absolute Gasteiger partial charge is 0.425 e. The van der Waals surface area contributed by atoms with Gasteiger partial charge in [-0.1, -0.05) is 24.3 Å². The monoisotopic (exact) mass is 200 g/mol. The molecule has 0 radical (unpaired) electrons. The zero-order valence-corrected chi connectivity index (χ0v) is 8.60. The second-order valence-electron chi connectivity index (χ2n) is 4.03. The molecule has 0 atom stereocenters. The summed E-state index contributed by atoms with van der Waals surface area (Å²) < 4.78 is 5.48. The standard InChI is InChI=1S/C12H12N2O/c1-8-13-14-12(15-8)11-6-9-4-2-3-5-10(9)7-11/h2-5,11H,6-7H2,1H3. The van der Waals surface area contributed by atoms with Gasteiger partial charge in [0.2, 0.25) is 11.8 Å². The molecule has 1 aliphatic rings. The highest BCUT2D eigenvalue weighted by atomic mass is 16.4. The first-order chi connectivity index (χ1) is 7.33. The summed E-state index contributed by atoms with van der Waals surface area (Å²) in [6.45, 7) is 1.83. The van der Waals surface area contributed by atoms with Gasteiger partial charge in [0.1, 0.15) is 0 Å². The van der Waals surface area contributed by atoms with Crippen molar-refractivity contribution in [2.45, 2.75) is 25.7 Å². The molecule has 0 amide bonds. The van der Waals surface area contributed by atoms with Gasteiger partial charge < -0.3 is 4.42 Å². The third-order valence-corrected chi connectivity index (χ3v) is 2.94. The predicted molar refractivity (Wildman–Crippen MR) is 55.6 cm³/mol. The van der Waals surface area contributed by atoms with E-state index in [9.17, 15) is 0 Å². The van der Waals surface area contributed by atoms with E-state index in [1.165, 1.54) is 11.1 Å². The number of aromatic nitrogens is 2. The molecule has 1 aromatic carbocycles. The highest BCUT2D eigenvalue weighted by Gasteiger charge is 2.26. The third kappa shape index (κ3) is 1.44. The van der Waals surface area contributed by atoms with Crippen LogP contribution in [0.2, 0.25) is 0 Å². The Morgan fingerprint density at radius 2 is 1.80 bits per heavy atom. The zero-order chi connectivity index (χ0) is 10.3. The number of hydrogen-bond donors (Lipinski definition) is 0. The van der Waals surface area contributed by atoms with Gasteiger partial charge in [-0.3, -0.25) is 0 Å². The molecule has 0 N–H and O–H groups in total. The number of rotatable bonds is 1. The van der Waals surface area contributed by atoms with Crippen LogP contribution >= 0.6 is 0 Å². The number of fused-ring (bicyclic) bond motifs is 1. The van der Waals surface area contributed by atoms with Crippen LogP contribution in [-0.2, 0) is 12.8 Å². The molecule has 0 unspecified atom stereocenters. The topological polar surface area (TPSA) is 38.9 Å². The predicted octanol–water partition coefficient (Wildman–Crippen LogP) is 2.26. The van der Waals surface area contributed by atoms with E-state index in [2.05, 4.69) is 34.5 Å². The van der Waals surface area contributed by atoms with Crippen LogP contribution in [0.15, 0.2) is 28.7 Å².